The van der Waals surface area contributed by atoms with Gasteiger partial charge in [-0.25, -0.2) is 0 Å². The third-order valence-corrected chi connectivity index (χ3v) is 0. The van der Waals surface area contributed by atoms with Crippen molar-refractivity contribution >= 4 is 0 Å². The Morgan fingerprint density at radius 1 is 0.100 bits per heavy atom. The van der Waals surface area contributed by atoms with Crippen molar-refractivity contribution in [1.29, 1.82) is 0 Å². The molecule has 0 unspecified atom stereocenters. The smallest absolute Gasteiger partial charge is 3.00 e. The minimum absolute atomic E-state index is 0. The maximum atomic E-state index is 0. The molecule has 0 N–H and O–H groups in total. The van der Waals surface area contributed by atoms with Gasteiger partial charge in [-0.05, 0) is 0 Å². The van der Waals surface area contributed by atoms with Gasteiger partial charge in [-0.2, -0.15) is 0 Å². The summed E-state index contributed by atoms with van der Waals surface area (Å²) in [4.78, 5) is 0. The number of rotatable bonds is 0. The van der Waals surface area contributed by atoms with Gasteiger partial charge in [-0.3, -0.25) is 0 Å². The van der Waals surface area contributed by atoms with Crippen molar-refractivity contribution in [2.24, 2.45) is 0 Å². The second-order valence-corrected chi connectivity index (χ2v) is 0. The third-order valence-electron chi connectivity index (χ3n) is 0. The van der Waals surface area contributed by atoms with Crippen molar-refractivity contribution < 1.29 is 467 Å². The molecule has 0 fully saturated rings. The second kappa shape index (κ2) is 161. The van der Waals surface area contributed by atoms with Gasteiger partial charge in [0.2, 0.25) is 0 Å². The van der Waals surface area contributed by atoms with Gasteiger partial charge in [-0.1, -0.05) is 0 Å². The Kier molecular flexibility index (Phi) is 1410. The van der Waals surface area contributed by atoms with E-state index in [2.05, 4.69) is 0 Å². The van der Waals surface area contributed by atoms with Gasteiger partial charge in [0.25, 0.3) is 0 Å². The molecule has 0 aliphatic carbocycles. The Labute approximate surface area is 480 Å². The number of nitrogens with zero attached hydrogens (tertiary/aromatic N) is 5. The molecule has 0 radical (unpaired) electrons. The molecular weight excluding hydrogens is 3640 g/mol. The van der Waals surface area contributed by atoms with E-state index in [1.165, 1.54) is 0 Å². The van der Waals surface area contributed by atoms with Crippen LogP contribution in [0.5, 0.6) is 0 Å². The van der Waals surface area contributed by atoms with Gasteiger partial charge in [0.1, 0.15) is 0 Å². The maximum absolute atomic E-state index is 0. The maximum Gasteiger partial charge on any atom is 6.00 e. The molecule has 10 valence electrons. The Bertz CT molecular complexity index is 16.2. The molecule has 0 amide bonds. The van der Waals surface area contributed by atoms with Gasteiger partial charge < -0.3 is 30.8 Å². The molecule has 0 heterocycles. The summed E-state index contributed by atoms with van der Waals surface area (Å²) in [5.41, 5.74) is 0. The summed E-state index contributed by atoms with van der Waals surface area (Å²) in [5.74, 6) is 0. The normalized spacial score (nSPS) is 0. The Morgan fingerprint density at radius 3 is 0.100 bits per heavy atom. The Balaban J connectivity index is 0. The first kappa shape index (κ1) is 175. The van der Waals surface area contributed by atoms with Crippen molar-refractivity contribution in [2.45, 2.75) is 0 Å². The molecule has 0 atom stereocenters. The summed E-state index contributed by atoms with van der Waals surface area (Å²) in [6.45, 7) is 0. The third kappa shape index (κ3) is 147. The van der Waals surface area contributed by atoms with Crippen LogP contribution in [0.2, 0.25) is 0 Å². The molecule has 20 heavy (non-hydrogen) atoms. The average molecular weight is 3640 g/mol. The van der Waals surface area contributed by atoms with Crippen LogP contribution in [0.3, 0.4) is 0 Å². The summed E-state index contributed by atoms with van der Waals surface area (Å²) in [7, 11) is 0. The molecule has 20 heteroatoms. The van der Waals surface area contributed by atoms with E-state index in [1.807, 2.05) is 0 Å². The first-order chi connectivity index (χ1) is 0. The van der Waals surface area contributed by atoms with Gasteiger partial charge in [0, 0.05) is 0 Å². The summed E-state index contributed by atoms with van der Waals surface area (Å²) in [6.07, 6.45) is 0. The van der Waals surface area contributed by atoms with Crippen LogP contribution in [0.1, 0.15) is 0 Å². The van der Waals surface area contributed by atoms with E-state index in [9.17, 15) is 0 Å². The Hall–Kier alpha value is 15.6. The van der Waals surface area contributed by atoms with Crippen LogP contribution < -0.4 is 0 Å². The SMILES string of the molecule is [N-3].[N-3].[N-3].[N-3].[N-3].[U+6].[U+6].[U+6].[U+6].[U+6].[U+6].[U+6].[U+6].[U+6].[U+6].[U+6].[U+6].[U+6].[U+6].[U+6]. The van der Waals surface area contributed by atoms with E-state index in [0.717, 1.165) is 0 Å². The van der Waals surface area contributed by atoms with Crippen LogP contribution in [-0.2, 0) is 0 Å². The molecule has 0 spiro atoms. The first-order valence-corrected chi connectivity index (χ1v) is 0. The van der Waals surface area contributed by atoms with E-state index >= 15 is 0 Å². The first-order valence-electron chi connectivity index (χ1n) is 0. The monoisotopic (exact) mass is 3640 g/mol. The standard InChI is InChI=1S/5N.15U/q5*-3;15*+6. The van der Waals surface area contributed by atoms with Crippen molar-refractivity contribution in [3.05, 3.63) is 30.8 Å². The molecule has 0 aliphatic rings. The van der Waals surface area contributed by atoms with Crippen LogP contribution in [0.25, 0.3) is 30.8 Å². The zero-order chi connectivity index (χ0) is 0. The van der Waals surface area contributed by atoms with E-state index in [-0.39, 0.29) is 497 Å². The molecule has 0 aromatic carbocycles. The van der Waals surface area contributed by atoms with Crippen LogP contribution >= 0.6 is 0 Å². The number of hydrogen-bond donors (Lipinski definition) is 0. The van der Waals surface area contributed by atoms with Crippen molar-refractivity contribution in [3.8, 4) is 0 Å². The summed E-state index contributed by atoms with van der Waals surface area (Å²) < 4.78 is 0. The van der Waals surface area contributed by atoms with Crippen molar-refractivity contribution in [2.75, 3.05) is 0 Å². The van der Waals surface area contributed by atoms with E-state index in [0.29, 0.717) is 0 Å². The molecule has 0 aromatic heterocycles. The molecular formula is N5U15+75. The minimum atomic E-state index is 0. The van der Waals surface area contributed by atoms with Crippen LogP contribution in [0.4, 0.5) is 0 Å². The van der Waals surface area contributed by atoms with Crippen molar-refractivity contribution in [3.63, 3.8) is 0 Å². The molecule has 0 aliphatic heterocycles. The van der Waals surface area contributed by atoms with E-state index < -0.39 is 0 Å². The molecule has 0 rings (SSSR count). The molecule has 0 saturated carbocycles. The van der Waals surface area contributed by atoms with Gasteiger partial charge in [-0.15, -0.1) is 0 Å². The molecule has 0 aromatic rings. The van der Waals surface area contributed by atoms with Gasteiger partial charge >= 0.3 is 467 Å². The molecule has 0 saturated heterocycles. The van der Waals surface area contributed by atoms with Crippen LogP contribution in [0, 0.1) is 467 Å². The van der Waals surface area contributed by atoms with Crippen LogP contribution in [0.15, 0.2) is 0 Å². The summed E-state index contributed by atoms with van der Waals surface area (Å²) in [6, 6.07) is 0. The number of hydrogen-bond acceptors (Lipinski definition) is 0. The Morgan fingerprint density at radius 2 is 0.100 bits per heavy atom. The predicted octanol–water partition coefficient (Wildman–Crippen LogP) is 1.44. The molecule has 5 nitrogen and oxygen atoms in total. The van der Waals surface area contributed by atoms with Crippen LogP contribution in [-0.4, -0.2) is 0 Å². The van der Waals surface area contributed by atoms with E-state index in [4.69, 9.17) is 0 Å². The predicted molar refractivity (Wildman–Crippen MR) is 16.8 cm³/mol. The second-order valence-electron chi connectivity index (χ2n) is 0. The zero-order valence-electron chi connectivity index (χ0n) is 9.74. The molecule has 0 bridgehead atoms. The van der Waals surface area contributed by atoms with Gasteiger partial charge in [0.05, 0.1) is 0 Å². The average Bonchev–Trinajstić information content (AvgIpc) is 0. The van der Waals surface area contributed by atoms with E-state index in [1.54, 1.807) is 0 Å². The minimum Gasteiger partial charge on any atom is -3.00 e. The van der Waals surface area contributed by atoms with Crippen molar-refractivity contribution in [1.82, 2.24) is 0 Å². The topological polar surface area (TPSA) is 152 Å². The van der Waals surface area contributed by atoms with Gasteiger partial charge in [0.15, 0.2) is 0 Å². The summed E-state index contributed by atoms with van der Waals surface area (Å²) >= 11 is 0. The largest absolute Gasteiger partial charge is 6.00 e. The fourth-order valence-electron chi connectivity index (χ4n) is 0. The quantitative estimate of drug-likeness (QED) is 0.346. The fraction of sp³-hybridized carbons (Fsp3) is 0. The summed E-state index contributed by atoms with van der Waals surface area (Å²) in [5, 5.41) is 0. The zero-order valence-corrected chi connectivity index (χ0v) is 72.2. The fourth-order valence-corrected chi connectivity index (χ4v) is 0.